The van der Waals surface area contributed by atoms with E-state index in [2.05, 4.69) is 19.2 Å². The van der Waals surface area contributed by atoms with Crippen LogP contribution in [0.15, 0.2) is 0 Å². The zero-order valence-corrected chi connectivity index (χ0v) is 14.9. The molecule has 22 heavy (non-hydrogen) atoms. The van der Waals surface area contributed by atoms with Gasteiger partial charge < -0.3 is 10.2 Å². The molecule has 0 aromatic carbocycles. The van der Waals surface area contributed by atoms with Gasteiger partial charge in [-0.05, 0) is 43.9 Å². The highest BCUT2D eigenvalue weighted by Crippen LogP contribution is 2.26. The molecule has 0 aromatic rings. The van der Waals surface area contributed by atoms with Crippen molar-refractivity contribution in [2.24, 2.45) is 11.8 Å². The van der Waals surface area contributed by atoms with E-state index in [0.29, 0.717) is 18.3 Å². The lowest BCUT2D eigenvalue weighted by atomic mass is 9.87. The molecule has 1 N–H and O–H groups in total. The van der Waals surface area contributed by atoms with E-state index in [1.165, 1.54) is 6.26 Å². The van der Waals surface area contributed by atoms with Crippen molar-refractivity contribution in [3.05, 3.63) is 0 Å². The number of amides is 2. The third-order valence-electron chi connectivity index (χ3n) is 5.33. The zero-order chi connectivity index (χ0) is 16.3. The lowest BCUT2D eigenvalue weighted by Crippen LogP contribution is -2.50. The van der Waals surface area contributed by atoms with Crippen molar-refractivity contribution in [1.29, 1.82) is 0 Å². The molecule has 1 aliphatic heterocycles. The molecule has 0 aromatic heterocycles. The third-order valence-corrected chi connectivity index (χ3v) is 6.97. The lowest BCUT2D eigenvalue weighted by molar-refractivity contribution is 0.152. The Kier molecular flexibility index (Phi) is 5.75. The Hall–Kier alpha value is -0.780. The lowest BCUT2D eigenvalue weighted by Gasteiger charge is -2.36. The number of nitrogens with one attached hydrogen (secondary N) is 1. The van der Waals surface area contributed by atoms with Gasteiger partial charge in [0.1, 0.15) is 9.84 Å². The summed E-state index contributed by atoms with van der Waals surface area (Å²) < 4.78 is 23.4. The molecule has 1 heterocycles. The summed E-state index contributed by atoms with van der Waals surface area (Å²) in [6.07, 6.45) is 6.50. The summed E-state index contributed by atoms with van der Waals surface area (Å²) in [6.45, 7) is 6.12. The summed E-state index contributed by atoms with van der Waals surface area (Å²) in [6, 6.07) is -0.00912. The Balaban J connectivity index is 1.82. The van der Waals surface area contributed by atoms with Gasteiger partial charge in [-0.1, -0.05) is 20.3 Å². The number of likely N-dealkylation sites (tertiary alicyclic amines) is 1. The van der Waals surface area contributed by atoms with Gasteiger partial charge in [-0.3, -0.25) is 0 Å². The number of rotatable bonds is 3. The first-order chi connectivity index (χ1) is 10.3. The van der Waals surface area contributed by atoms with E-state index in [1.54, 1.807) is 0 Å². The molecule has 2 amide bonds. The molecule has 1 saturated heterocycles. The highest BCUT2D eigenvalue weighted by molar-refractivity contribution is 7.91. The number of carbonyl (C=O) groups excluding carboxylic acids is 1. The van der Waals surface area contributed by atoms with Crippen LogP contribution in [0.2, 0.25) is 0 Å². The first-order valence-corrected chi connectivity index (χ1v) is 10.5. The molecule has 2 aliphatic rings. The fourth-order valence-corrected chi connectivity index (χ4v) is 4.88. The number of nitrogens with zero attached hydrogens (tertiary/aromatic N) is 1. The standard InChI is InChI=1S/C16H30N2O3S/c1-12(2)13-7-9-18(10-8-13)16(19)17-14-5-4-6-15(11-14)22(3,20)21/h12-15H,4-11H2,1-3H3,(H,17,19)/t14-,15+/m0/s1. The Labute approximate surface area is 134 Å². The average molecular weight is 330 g/mol. The molecule has 5 nitrogen and oxygen atoms in total. The van der Waals surface area contributed by atoms with Crippen LogP contribution in [0.25, 0.3) is 0 Å². The molecule has 1 aliphatic carbocycles. The van der Waals surface area contributed by atoms with Crippen LogP contribution >= 0.6 is 0 Å². The minimum absolute atomic E-state index is 0.00352. The Bertz CT molecular complexity index is 482. The average Bonchev–Trinajstić information content (AvgIpc) is 2.46. The number of urea groups is 1. The van der Waals surface area contributed by atoms with Gasteiger partial charge in [0.25, 0.3) is 0 Å². The summed E-state index contributed by atoms with van der Waals surface area (Å²) in [4.78, 5) is 14.3. The second kappa shape index (κ2) is 7.20. The minimum atomic E-state index is -3.00. The Morgan fingerprint density at radius 1 is 1.14 bits per heavy atom. The monoisotopic (exact) mass is 330 g/mol. The van der Waals surface area contributed by atoms with Crippen LogP contribution in [0.5, 0.6) is 0 Å². The van der Waals surface area contributed by atoms with E-state index in [4.69, 9.17) is 0 Å². The topological polar surface area (TPSA) is 66.5 Å². The van der Waals surface area contributed by atoms with Gasteiger partial charge in [0.2, 0.25) is 0 Å². The predicted octanol–water partition coefficient (Wildman–Crippen LogP) is 2.42. The summed E-state index contributed by atoms with van der Waals surface area (Å²) in [5.74, 6) is 1.40. The quantitative estimate of drug-likeness (QED) is 0.864. The second-order valence-electron chi connectivity index (χ2n) is 7.33. The van der Waals surface area contributed by atoms with Crippen LogP contribution in [0.1, 0.15) is 52.4 Å². The van der Waals surface area contributed by atoms with Crippen LogP contribution in [0, 0.1) is 11.8 Å². The van der Waals surface area contributed by atoms with Gasteiger partial charge in [0.15, 0.2) is 0 Å². The largest absolute Gasteiger partial charge is 0.335 e. The highest BCUT2D eigenvalue weighted by atomic mass is 32.2. The molecular formula is C16H30N2O3S. The molecule has 128 valence electrons. The molecule has 2 atom stereocenters. The molecule has 2 fully saturated rings. The number of piperidine rings is 1. The fourth-order valence-electron chi connectivity index (χ4n) is 3.70. The maximum absolute atomic E-state index is 12.4. The van der Waals surface area contributed by atoms with Crippen molar-refractivity contribution in [2.45, 2.75) is 63.7 Å². The molecule has 2 rings (SSSR count). The van der Waals surface area contributed by atoms with Crippen LogP contribution in [-0.4, -0.2) is 50.0 Å². The van der Waals surface area contributed by atoms with Gasteiger partial charge in [-0.25, -0.2) is 13.2 Å². The van der Waals surface area contributed by atoms with Gasteiger partial charge in [-0.15, -0.1) is 0 Å². The molecule has 0 unspecified atom stereocenters. The van der Waals surface area contributed by atoms with Crippen molar-refractivity contribution in [3.8, 4) is 0 Å². The van der Waals surface area contributed by atoms with E-state index in [1.807, 2.05) is 4.90 Å². The van der Waals surface area contributed by atoms with Crippen molar-refractivity contribution in [2.75, 3.05) is 19.3 Å². The Morgan fingerprint density at radius 2 is 1.77 bits per heavy atom. The summed E-state index contributed by atoms with van der Waals surface area (Å²) in [5.41, 5.74) is 0. The maximum atomic E-state index is 12.4. The van der Waals surface area contributed by atoms with Gasteiger partial charge >= 0.3 is 6.03 Å². The van der Waals surface area contributed by atoms with Crippen LogP contribution in [0.4, 0.5) is 4.79 Å². The van der Waals surface area contributed by atoms with Gasteiger partial charge in [-0.2, -0.15) is 0 Å². The molecule has 0 radical (unpaired) electrons. The zero-order valence-electron chi connectivity index (χ0n) is 14.0. The molecular weight excluding hydrogens is 300 g/mol. The third kappa shape index (κ3) is 4.61. The van der Waals surface area contributed by atoms with Crippen molar-refractivity contribution >= 4 is 15.9 Å². The molecule has 0 bridgehead atoms. The molecule has 6 heteroatoms. The molecule has 1 saturated carbocycles. The molecule has 0 spiro atoms. The number of hydrogen-bond donors (Lipinski definition) is 1. The van der Waals surface area contributed by atoms with E-state index in [0.717, 1.165) is 45.2 Å². The number of sulfone groups is 1. The van der Waals surface area contributed by atoms with Gasteiger partial charge in [0.05, 0.1) is 5.25 Å². The van der Waals surface area contributed by atoms with Crippen LogP contribution in [-0.2, 0) is 9.84 Å². The predicted molar refractivity (Wildman–Crippen MR) is 88.6 cm³/mol. The van der Waals surface area contributed by atoms with E-state index in [-0.39, 0.29) is 17.3 Å². The minimum Gasteiger partial charge on any atom is -0.335 e. The van der Waals surface area contributed by atoms with Crippen molar-refractivity contribution in [1.82, 2.24) is 10.2 Å². The second-order valence-corrected chi connectivity index (χ2v) is 9.66. The summed E-state index contributed by atoms with van der Waals surface area (Å²) >= 11 is 0. The highest BCUT2D eigenvalue weighted by Gasteiger charge is 2.31. The SMILES string of the molecule is CC(C)C1CCN(C(=O)N[C@H]2CCC[C@@H](S(C)(=O)=O)C2)CC1. The Morgan fingerprint density at radius 3 is 2.32 bits per heavy atom. The van der Waals surface area contributed by atoms with Crippen molar-refractivity contribution < 1.29 is 13.2 Å². The summed E-state index contributed by atoms with van der Waals surface area (Å²) in [7, 11) is -3.00. The van der Waals surface area contributed by atoms with Crippen LogP contribution < -0.4 is 5.32 Å². The summed E-state index contributed by atoms with van der Waals surface area (Å²) in [5, 5.41) is 2.76. The van der Waals surface area contributed by atoms with Gasteiger partial charge in [0, 0.05) is 25.4 Å². The van der Waals surface area contributed by atoms with Crippen LogP contribution in [0.3, 0.4) is 0 Å². The number of hydrogen-bond acceptors (Lipinski definition) is 3. The first-order valence-electron chi connectivity index (χ1n) is 8.51. The first kappa shape index (κ1) is 17.6. The van der Waals surface area contributed by atoms with E-state index in [9.17, 15) is 13.2 Å². The normalized spacial score (nSPS) is 27.9. The van der Waals surface area contributed by atoms with Crippen molar-refractivity contribution in [3.63, 3.8) is 0 Å². The van der Waals surface area contributed by atoms with E-state index < -0.39 is 9.84 Å². The number of carbonyl (C=O) groups is 1. The smallest absolute Gasteiger partial charge is 0.317 e. The maximum Gasteiger partial charge on any atom is 0.317 e. The fraction of sp³-hybridized carbons (Fsp3) is 0.938. The van der Waals surface area contributed by atoms with E-state index >= 15 is 0 Å².